The Labute approximate surface area is 103 Å². The fourth-order valence-electron chi connectivity index (χ4n) is 2.82. The monoisotopic (exact) mass is 225 g/mol. The minimum absolute atomic E-state index is 0.737. The summed E-state index contributed by atoms with van der Waals surface area (Å²) in [7, 11) is 0. The second-order valence-corrected chi connectivity index (χ2v) is 5.01. The van der Waals surface area contributed by atoms with Gasteiger partial charge < -0.3 is 4.57 Å². The van der Waals surface area contributed by atoms with E-state index in [-0.39, 0.29) is 0 Å². The first-order valence-electron chi connectivity index (χ1n) is 6.66. The Morgan fingerprint density at radius 1 is 0.824 bits per heavy atom. The van der Waals surface area contributed by atoms with Gasteiger partial charge in [-0.1, -0.05) is 49.6 Å². The Balaban J connectivity index is 1.83. The fourth-order valence-corrected chi connectivity index (χ4v) is 2.82. The lowest BCUT2D eigenvalue weighted by atomic mass is 9.95. The Bertz CT molecular complexity index is 463. The van der Waals surface area contributed by atoms with E-state index in [2.05, 4.69) is 53.4 Å². The Kier molecular flexibility index (Phi) is 3.00. The van der Waals surface area contributed by atoms with Crippen LogP contribution in [0, 0.1) is 0 Å². The number of nitrogens with zero attached hydrogens (tertiary/aromatic N) is 1. The normalized spacial score (nSPS) is 17.2. The first-order valence-corrected chi connectivity index (χ1v) is 6.66. The van der Waals surface area contributed by atoms with Gasteiger partial charge in [-0.05, 0) is 30.0 Å². The van der Waals surface area contributed by atoms with E-state index in [1.54, 1.807) is 0 Å². The molecule has 1 heteroatoms. The van der Waals surface area contributed by atoms with Crippen LogP contribution < -0.4 is 0 Å². The van der Waals surface area contributed by atoms with Gasteiger partial charge in [-0.15, -0.1) is 0 Å². The number of rotatable bonds is 2. The molecule has 0 spiro atoms. The highest BCUT2D eigenvalue weighted by Gasteiger charge is 2.14. The van der Waals surface area contributed by atoms with Crippen LogP contribution in [0.2, 0.25) is 0 Å². The molecule has 1 nitrogen and oxygen atoms in total. The molecule has 0 radical (unpaired) electrons. The maximum absolute atomic E-state index is 2.42. The number of aromatic nitrogens is 1. The molecular formula is C16H19N. The topological polar surface area (TPSA) is 4.93 Å². The summed E-state index contributed by atoms with van der Waals surface area (Å²) in [6, 6.07) is 13.6. The molecule has 2 aromatic rings. The molecule has 1 aromatic heterocycles. The minimum Gasteiger partial charge on any atom is -0.351 e. The third-order valence-electron chi connectivity index (χ3n) is 3.82. The molecule has 1 saturated carbocycles. The predicted octanol–water partition coefficient (Wildman–Crippen LogP) is 4.66. The zero-order valence-electron chi connectivity index (χ0n) is 10.2. The Hall–Kier alpha value is -1.50. The van der Waals surface area contributed by atoms with E-state index >= 15 is 0 Å². The second kappa shape index (κ2) is 4.79. The SMILES string of the molecule is c1ccc(-c2ccn(C3CCCCC3)c2)cc1. The lowest BCUT2D eigenvalue weighted by Gasteiger charge is -2.23. The Morgan fingerprint density at radius 3 is 2.35 bits per heavy atom. The molecule has 88 valence electrons. The van der Waals surface area contributed by atoms with E-state index in [0.29, 0.717) is 0 Å². The molecule has 0 N–H and O–H groups in total. The standard InChI is InChI=1S/C16H19N/c1-3-7-14(8-4-1)15-11-12-17(13-15)16-9-5-2-6-10-16/h1,3-4,7-8,11-13,16H,2,5-6,9-10H2. The molecule has 1 fully saturated rings. The van der Waals surface area contributed by atoms with Gasteiger partial charge in [0, 0.05) is 18.4 Å². The van der Waals surface area contributed by atoms with Crippen molar-refractivity contribution < 1.29 is 0 Å². The van der Waals surface area contributed by atoms with Crippen LogP contribution in [0.25, 0.3) is 11.1 Å². The molecule has 0 bridgehead atoms. The molecule has 17 heavy (non-hydrogen) atoms. The number of hydrogen-bond acceptors (Lipinski definition) is 0. The molecule has 0 atom stereocenters. The summed E-state index contributed by atoms with van der Waals surface area (Å²) in [5.74, 6) is 0. The highest BCUT2D eigenvalue weighted by atomic mass is 15.0. The van der Waals surface area contributed by atoms with Crippen LogP contribution in [0.1, 0.15) is 38.1 Å². The first-order chi connectivity index (χ1) is 8.43. The predicted molar refractivity (Wildman–Crippen MR) is 72.0 cm³/mol. The fraction of sp³-hybridized carbons (Fsp3) is 0.375. The summed E-state index contributed by atoms with van der Waals surface area (Å²) in [6.45, 7) is 0. The smallest absolute Gasteiger partial charge is 0.0330 e. The van der Waals surface area contributed by atoms with E-state index in [4.69, 9.17) is 0 Å². The lowest BCUT2D eigenvalue weighted by molar-refractivity contribution is 0.354. The van der Waals surface area contributed by atoms with Crippen molar-refractivity contribution in [2.24, 2.45) is 0 Å². The molecule has 1 aliphatic carbocycles. The second-order valence-electron chi connectivity index (χ2n) is 5.01. The molecule has 1 aromatic carbocycles. The van der Waals surface area contributed by atoms with E-state index in [1.165, 1.54) is 43.2 Å². The van der Waals surface area contributed by atoms with Crippen LogP contribution in [-0.4, -0.2) is 4.57 Å². The van der Waals surface area contributed by atoms with Gasteiger partial charge in [0.15, 0.2) is 0 Å². The molecule has 0 amide bonds. The molecule has 3 rings (SSSR count). The first kappa shape index (κ1) is 10.6. The zero-order valence-corrected chi connectivity index (χ0v) is 10.2. The van der Waals surface area contributed by atoms with Crippen molar-refractivity contribution in [1.29, 1.82) is 0 Å². The maximum atomic E-state index is 2.42. The largest absolute Gasteiger partial charge is 0.351 e. The van der Waals surface area contributed by atoms with Crippen molar-refractivity contribution in [3.63, 3.8) is 0 Å². The molecule has 0 unspecified atom stereocenters. The summed E-state index contributed by atoms with van der Waals surface area (Å²) < 4.78 is 2.42. The average Bonchev–Trinajstić information content (AvgIpc) is 2.90. The van der Waals surface area contributed by atoms with Gasteiger partial charge >= 0.3 is 0 Å². The third-order valence-corrected chi connectivity index (χ3v) is 3.82. The number of benzene rings is 1. The van der Waals surface area contributed by atoms with Crippen molar-refractivity contribution in [3.8, 4) is 11.1 Å². The summed E-state index contributed by atoms with van der Waals surface area (Å²) in [5, 5.41) is 0. The van der Waals surface area contributed by atoms with Crippen molar-refractivity contribution in [3.05, 3.63) is 48.8 Å². The minimum atomic E-state index is 0.737. The molecular weight excluding hydrogens is 206 g/mol. The highest BCUT2D eigenvalue weighted by molar-refractivity contribution is 5.62. The van der Waals surface area contributed by atoms with Crippen molar-refractivity contribution in [2.45, 2.75) is 38.1 Å². The third kappa shape index (κ3) is 2.28. The van der Waals surface area contributed by atoms with Gasteiger partial charge in [0.1, 0.15) is 0 Å². The molecule has 1 aliphatic rings. The number of hydrogen-bond donors (Lipinski definition) is 0. The van der Waals surface area contributed by atoms with Crippen molar-refractivity contribution >= 4 is 0 Å². The molecule has 0 aliphatic heterocycles. The quantitative estimate of drug-likeness (QED) is 0.700. The van der Waals surface area contributed by atoms with Crippen LogP contribution in [0.15, 0.2) is 48.8 Å². The van der Waals surface area contributed by atoms with E-state index in [1.807, 2.05) is 0 Å². The zero-order chi connectivity index (χ0) is 11.5. The van der Waals surface area contributed by atoms with E-state index < -0.39 is 0 Å². The average molecular weight is 225 g/mol. The summed E-state index contributed by atoms with van der Waals surface area (Å²) in [4.78, 5) is 0. The van der Waals surface area contributed by atoms with Gasteiger partial charge in [-0.25, -0.2) is 0 Å². The molecule has 1 heterocycles. The van der Waals surface area contributed by atoms with Gasteiger partial charge in [0.2, 0.25) is 0 Å². The van der Waals surface area contributed by atoms with E-state index in [9.17, 15) is 0 Å². The van der Waals surface area contributed by atoms with Crippen LogP contribution in [0.3, 0.4) is 0 Å². The van der Waals surface area contributed by atoms with Crippen LogP contribution >= 0.6 is 0 Å². The van der Waals surface area contributed by atoms with Crippen LogP contribution in [0.4, 0.5) is 0 Å². The van der Waals surface area contributed by atoms with Gasteiger partial charge in [0.25, 0.3) is 0 Å². The summed E-state index contributed by atoms with van der Waals surface area (Å²) >= 11 is 0. The molecule has 0 saturated heterocycles. The van der Waals surface area contributed by atoms with Gasteiger partial charge in [-0.2, -0.15) is 0 Å². The van der Waals surface area contributed by atoms with Crippen molar-refractivity contribution in [2.75, 3.05) is 0 Å². The lowest BCUT2D eigenvalue weighted by Crippen LogP contribution is -2.10. The van der Waals surface area contributed by atoms with Gasteiger partial charge in [-0.3, -0.25) is 0 Å². The Morgan fingerprint density at radius 2 is 1.59 bits per heavy atom. The van der Waals surface area contributed by atoms with E-state index in [0.717, 1.165) is 6.04 Å². The maximum Gasteiger partial charge on any atom is 0.0330 e. The van der Waals surface area contributed by atoms with Crippen LogP contribution in [-0.2, 0) is 0 Å². The summed E-state index contributed by atoms with van der Waals surface area (Å²) in [6.07, 6.45) is 11.5. The highest BCUT2D eigenvalue weighted by Crippen LogP contribution is 2.30. The van der Waals surface area contributed by atoms with Gasteiger partial charge in [0.05, 0.1) is 0 Å². The van der Waals surface area contributed by atoms with Crippen molar-refractivity contribution in [1.82, 2.24) is 4.57 Å². The summed E-state index contributed by atoms with van der Waals surface area (Å²) in [5.41, 5.74) is 2.67. The van der Waals surface area contributed by atoms with Crippen LogP contribution in [0.5, 0.6) is 0 Å².